The predicted molar refractivity (Wildman–Crippen MR) is 52.9 cm³/mol. The lowest BCUT2D eigenvalue weighted by molar-refractivity contribution is 0.581. The van der Waals surface area contributed by atoms with Gasteiger partial charge in [-0.1, -0.05) is 0 Å². The van der Waals surface area contributed by atoms with E-state index >= 15 is 0 Å². The van der Waals surface area contributed by atoms with Crippen molar-refractivity contribution in [1.82, 2.24) is 4.90 Å². The van der Waals surface area contributed by atoms with Gasteiger partial charge in [0.1, 0.15) is 23.3 Å². The zero-order chi connectivity index (χ0) is 11.4. The molecule has 0 spiro atoms. The van der Waals surface area contributed by atoms with E-state index in [0.717, 1.165) is 6.07 Å². The van der Waals surface area contributed by atoms with E-state index in [1.807, 2.05) is 0 Å². The van der Waals surface area contributed by atoms with Crippen molar-refractivity contribution in [3.63, 3.8) is 0 Å². The quantitative estimate of drug-likeness (QED) is 0.552. The van der Waals surface area contributed by atoms with Gasteiger partial charge in [0.05, 0.1) is 12.0 Å². The number of rotatable bonds is 2. The average Bonchev–Trinajstić information content (AvgIpc) is 2.13. The molecular formula is C10H9F2N3. The van der Waals surface area contributed by atoms with Crippen LogP contribution < -0.4 is 0 Å². The first-order valence-corrected chi connectivity index (χ1v) is 4.14. The van der Waals surface area contributed by atoms with Gasteiger partial charge in [-0.25, -0.2) is 13.8 Å². The van der Waals surface area contributed by atoms with Crippen molar-refractivity contribution < 1.29 is 8.78 Å². The molecule has 0 bridgehead atoms. The van der Waals surface area contributed by atoms with Crippen LogP contribution in [0.25, 0.3) is 0 Å². The third kappa shape index (κ3) is 2.74. The molecule has 0 heterocycles. The standard InChI is InChI=1S/C10H9F2N3/c1-15(2)6-14-10-4-7(11)3-9(12)8(10)5-13/h3-4,6H,1-2H3. The summed E-state index contributed by atoms with van der Waals surface area (Å²) in [5.41, 5.74) is -0.266. The molecule has 0 aliphatic rings. The number of aliphatic imine (C=N–C) groups is 1. The molecule has 78 valence electrons. The molecule has 0 aliphatic heterocycles. The summed E-state index contributed by atoms with van der Waals surface area (Å²) in [5, 5.41) is 8.66. The molecule has 1 aromatic rings. The summed E-state index contributed by atoms with van der Waals surface area (Å²) in [6.45, 7) is 0. The fourth-order valence-electron chi connectivity index (χ4n) is 0.950. The van der Waals surface area contributed by atoms with Gasteiger partial charge in [-0.2, -0.15) is 5.26 Å². The third-order valence-electron chi connectivity index (χ3n) is 1.57. The van der Waals surface area contributed by atoms with Gasteiger partial charge in [0.25, 0.3) is 0 Å². The van der Waals surface area contributed by atoms with Crippen LogP contribution in [0, 0.1) is 23.0 Å². The van der Waals surface area contributed by atoms with E-state index in [1.165, 1.54) is 6.34 Å². The molecule has 0 amide bonds. The zero-order valence-electron chi connectivity index (χ0n) is 8.33. The highest BCUT2D eigenvalue weighted by molar-refractivity contribution is 5.65. The Morgan fingerprint density at radius 3 is 2.60 bits per heavy atom. The molecule has 0 aromatic heterocycles. The molecule has 3 nitrogen and oxygen atoms in total. The molecule has 0 unspecified atom stereocenters. The van der Waals surface area contributed by atoms with E-state index in [1.54, 1.807) is 25.1 Å². The molecule has 0 aliphatic carbocycles. The monoisotopic (exact) mass is 209 g/mol. The summed E-state index contributed by atoms with van der Waals surface area (Å²) >= 11 is 0. The number of halogens is 2. The van der Waals surface area contributed by atoms with Gasteiger partial charge >= 0.3 is 0 Å². The van der Waals surface area contributed by atoms with Crippen molar-refractivity contribution in [2.24, 2.45) is 4.99 Å². The maximum Gasteiger partial charge on any atom is 0.146 e. The van der Waals surface area contributed by atoms with Crippen LogP contribution >= 0.6 is 0 Å². The van der Waals surface area contributed by atoms with Gasteiger partial charge in [0.15, 0.2) is 0 Å². The molecule has 1 aromatic carbocycles. The molecular weight excluding hydrogens is 200 g/mol. The maximum atomic E-state index is 13.1. The molecule has 0 saturated carbocycles. The fourth-order valence-corrected chi connectivity index (χ4v) is 0.950. The number of benzene rings is 1. The molecule has 5 heteroatoms. The third-order valence-corrected chi connectivity index (χ3v) is 1.57. The first-order valence-electron chi connectivity index (χ1n) is 4.14. The van der Waals surface area contributed by atoms with Crippen molar-refractivity contribution in [1.29, 1.82) is 5.26 Å². The van der Waals surface area contributed by atoms with Gasteiger partial charge in [-0.15, -0.1) is 0 Å². The lowest BCUT2D eigenvalue weighted by atomic mass is 10.2. The van der Waals surface area contributed by atoms with E-state index < -0.39 is 11.6 Å². The van der Waals surface area contributed by atoms with Crippen LogP contribution in [0.5, 0.6) is 0 Å². The molecule has 0 radical (unpaired) electrons. The Morgan fingerprint density at radius 2 is 2.07 bits per heavy atom. The van der Waals surface area contributed by atoms with Gasteiger partial charge in [0.2, 0.25) is 0 Å². The minimum absolute atomic E-state index is 0.0105. The van der Waals surface area contributed by atoms with E-state index in [4.69, 9.17) is 5.26 Å². The normalized spacial score (nSPS) is 10.3. The van der Waals surface area contributed by atoms with Crippen molar-refractivity contribution >= 4 is 12.0 Å². The Bertz CT molecular complexity index is 433. The Morgan fingerprint density at radius 1 is 1.40 bits per heavy atom. The lowest BCUT2D eigenvalue weighted by Gasteiger charge is -2.04. The average molecular weight is 209 g/mol. The van der Waals surface area contributed by atoms with Gasteiger partial charge < -0.3 is 4.90 Å². The van der Waals surface area contributed by atoms with Gasteiger partial charge in [0, 0.05) is 26.2 Å². The van der Waals surface area contributed by atoms with Crippen LogP contribution in [0.4, 0.5) is 14.5 Å². The summed E-state index contributed by atoms with van der Waals surface area (Å²) in [6.07, 6.45) is 1.37. The summed E-state index contributed by atoms with van der Waals surface area (Å²) in [4.78, 5) is 5.40. The largest absolute Gasteiger partial charge is 0.369 e. The van der Waals surface area contributed by atoms with Crippen LogP contribution in [0.2, 0.25) is 0 Å². The van der Waals surface area contributed by atoms with E-state index in [9.17, 15) is 8.78 Å². The van der Waals surface area contributed by atoms with E-state index in [2.05, 4.69) is 4.99 Å². The lowest BCUT2D eigenvalue weighted by Crippen LogP contribution is -2.07. The first-order chi connectivity index (χ1) is 7.04. The highest BCUT2D eigenvalue weighted by Crippen LogP contribution is 2.22. The topological polar surface area (TPSA) is 39.4 Å². The number of hydrogen-bond donors (Lipinski definition) is 0. The van der Waals surface area contributed by atoms with Crippen LogP contribution in [0.1, 0.15) is 5.56 Å². The highest BCUT2D eigenvalue weighted by atomic mass is 19.1. The minimum atomic E-state index is -0.900. The Balaban J connectivity index is 3.22. The summed E-state index contributed by atoms with van der Waals surface area (Å²) in [5.74, 6) is -1.65. The molecule has 0 fully saturated rings. The smallest absolute Gasteiger partial charge is 0.146 e. The Kier molecular flexibility index (Phi) is 3.34. The number of nitrogens with zero attached hydrogens (tertiary/aromatic N) is 3. The van der Waals surface area contributed by atoms with Crippen LogP contribution in [-0.4, -0.2) is 25.3 Å². The van der Waals surface area contributed by atoms with Crippen molar-refractivity contribution in [3.8, 4) is 6.07 Å². The summed E-state index contributed by atoms with van der Waals surface area (Å²) in [6, 6.07) is 3.32. The van der Waals surface area contributed by atoms with E-state index in [0.29, 0.717) is 6.07 Å². The molecule has 0 saturated heterocycles. The molecule has 0 atom stereocenters. The first kappa shape index (κ1) is 11.1. The maximum absolute atomic E-state index is 13.1. The van der Waals surface area contributed by atoms with Crippen molar-refractivity contribution in [3.05, 3.63) is 29.3 Å². The van der Waals surface area contributed by atoms with Crippen LogP contribution in [0.3, 0.4) is 0 Å². The van der Waals surface area contributed by atoms with Crippen molar-refractivity contribution in [2.45, 2.75) is 0 Å². The van der Waals surface area contributed by atoms with Crippen molar-refractivity contribution in [2.75, 3.05) is 14.1 Å². The summed E-state index contributed by atoms with van der Waals surface area (Å²) in [7, 11) is 3.43. The highest BCUT2D eigenvalue weighted by Gasteiger charge is 2.09. The second-order valence-electron chi connectivity index (χ2n) is 3.10. The second kappa shape index (κ2) is 4.51. The molecule has 1 rings (SSSR count). The number of hydrogen-bond acceptors (Lipinski definition) is 2. The Hall–Kier alpha value is -1.96. The predicted octanol–water partition coefficient (Wildman–Crippen LogP) is 2.06. The molecule has 15 heavy (non-hydrogen) atoms. The SMILES string of the molecule is CN(C)C=Nc1cc(F)cc(F)c1C#N. The zero-order valence-corrected chi connectivity index (χ0v) is 8.33. The fraction of sp³-hybridized carbons (Fsp3) is 0.200. The van der Waals surface area contributed by atoms with E-state index in [-0.39, 0.29) is 11.3 Å². The Labute approximate surface area is 86.3 Å². The number of nitriles is 1. The van der Waals surface area contributed by atoms with Crippen LogP contribution in [-0.2, 0) is 0 Å². The van der Waals surface area contributed by atoms with Gasteiger partial charge in [-0.05, 0) is 0 Å². The minimum Gasteiger partial charge on any atom is -0.369 e. The second-order valence-corrected chi connectivity index (χ2v) is 3.10. The molecule has 0 N–H and O–H groups in total. The van der Waals surface area contributed by atoms with Gasteiger partial charge in [-0.3, -0.25) is 0 Å². The summed E-state index contributed by atoms with van der Waals surface area (Å²) < 4.78 is 25.9. The van der Waals surface area contributed by atoms with Crippen LogP contribution in [0.15, 0.2) is 17.1 Å².